The van der Waals surface area contributed by atoms with Gasteiger partial charge in [-0.3, -0.25) is 4.79 Å². The summed E-state index contributed by atoms with van der Waals surface area (Å²) >= 11 is 12.1. The molecule has 2 aliphatic carbocycles. The van der Waals surface area contributed by atoms with Crippen LogP contribution in [0.3, 0.4) is 0 Å². The van der Waals surface area contributed by atoms with Crippen molar-refractivity contribution >= 4 is 39.1 Å². The van der Waals surface area contributed by atoms with Crippen LogP contribution in [0.2, 0.25) is 0 Å². The molecule has 0 saturated heterocycles. The van der Waals surface area contributed by atoms with Crippen molar-refractivity contribution in [2.75, 3.05) is 13.1 Å². The van der Waals surface area contributed by atoms with E-state index in [2.05, 4.69) is 47.4 Å². The number of rotatable bonds is 13. The maximum absolute atomic E-state index is 13.7. The zero-order valence-corrected chi connectivity index (χ0v) is 26.5. The molecular formula is C32H40Cl2FN3O3S. The molecular weight excluding hydrogens is 596 g/mol. The lowest BCUT2D eigenvalue weighted by molar-refractivity contribution is -0.122. The summed E-state index contributed by atoms with van der Waals surface area (Å²) in [6.45, 7) is 6.41. The van der Waals surface area contributed by atoms with Crippen molar-refractivity contribution in [2.45, 2.75) is 76.1 Å². The third-order valence-electron chi connectivity index (χ3n) is 7.69. The first-order chi connectivity index (χ1) is 20.0. The summed E-state index contributed by atoms with van der Waals surface area (Å²) < 4.78 is 42.9. The van der Waals surface area contributed by atoms with Crippen LogP contribution < -0.4 is 15.4 Å². The Morgan fingerprint density at radius 3 is 2.60 bits per heavy atom. The first kappa shape index (κ1) is 32.7. The monoisotopic (exact) mass is 635 g/mol. The fraction of sp³-hybridized carbons (Fsp3) is 0.469. The molecule has 0 fully saturated rings. The fourth-order valence-electron chi connectivity index (χ4n) is 5.47. The normalized spacial score (nSPS) is 19.6. The van der Waals surface area contributed by atoms with Crippen LogP contribution in [-0.2, 0) is 27.7 Å². The molecule has 4 rings (SSSR count). The van der Waals surface area contributed by atoms with Crippen molar-refractivity contribution in [1.29, 1.82) is 0 Å². The lowest BCUT2D eigenvalue weighted by atomic mass is 9.86. The molecule has 0 bridgehead atoms. The third-order valence-corrected chi connectivity index (χ3v) is 10.2. The number of sulfonamides is 1. The molecule has 2 aromatic rings. The van der Waals surface area contributed by atoms with Crippen molar-refractivity contribution in [2.24, 2.45) is 5.92 Å². The van der Waals surface area contributed by atoms with Gasteiger partial charge in [0.2, 0.25) is 15.9 Å². The van der Waals surface area contributed by atoms with Gasteiger partial charge in [-0.1, -0.05) is 73.5 Å². The van der Waals surface area contributed by atoms with Gasteiger partial charge in [0.05, 0.1) is 22.4 Å². The van der Waals surface area contributed by atoms with E-state index in [0.717, 1.165) is 50.8 Å². The Hall–Kier alpha value is -2.23. The number of fused-ring (bicyclic) bond motifs is 1. The summed E-state index contributed by atoms with van der Waals surface area (Å²) in [7, 11) is -3.94. The zero-order chi connectivity index (χ0) is 30.3. The van der Waals surface area contributed by atoms with E-state index in [1.807, 2.05) is 0 Å². The van der Waals surface area contributed by atoms with E-state index in [0.29, 0.717) is 16.5 Å². The lowest BCUT2D eigenvalue weighted by Crippen LogP contribution is -2.39. The molecule has 42 heavy (non-hydrogen) atoms. The van der Waals surface area contributed by atoms with Crippen molar-refractivity contribution in [3.05, 3.63) is 92.8 Å². The summed E-state index contributed by atoms with van der Waals surface area (Å²) in [5.74, 6) is -0.0980. The van der Waals surface area contributed by atoms with Crippen molar-refractivity contribution < 1.29 is 17.6 Å². The van der Waals surface area contributed by atoms with E-state index in [9.17, 15) is 17.6 Å². The quantitative estimate of drug-likeness (QED) is 0.217. The molecule has 0 saturated carbocycles. The van der Waals surface area contributed by atoms with E-state index in [1.54, 1.807) is 0 Å². The Morgan fingerprint density at radius 2 is 1.88 bits per heavy atom. The highest BCUT2D eigenvalue weighted by Crippen LogP contribution is 2.32. The zero-order valence-electron chi connectivity index (χ0n) is 24.1. The second-order valence-corrected chi connectivity index (χ2v) is 14.4. The van der Waals surface area contributed by atoms with Crippen molar-refractivity contribution in [3.63, 3.8) is 0 Å². The minimum Gasteiger partial charge on any atom is -0.349 e. The van der Waals surface area contributed by atoms with E-state index < -0.39 is 27.1 Å². The minimum atomic E-state index is -3.94. The van der Waals surface area contributed by atoms with Gasteiger partial charge >= 0.3 is 0 Å². The van der Waals surface area contributed by atoms with Crippen LogP contribution in [-0.4, -0.2) is 32.7 Å². The van der Waals surface area contributed by atoms with Gasteiger partial charge < -0.3 is 10.6 Å². The summed E-state index contributed by atoms with van der Waals surface area (Å²) in [5, 5.41) is 6.24. The first-order valence-corrected chi connectivity index (χ1v) is 16.9. The first-order valence-electron chi connectivity index (χ1n) is 14.6. The molecule has 1 amide bonds. The van der Waals surface area contributed by atoms with Crippen molar-refractivity contribution in [3.8, 4) is 0 Å². The van der Waals surface area contributed by atoms with E-state index in [1.165, 1.54) is 47.5 Å². The molecule has 0 spiro atoms. The van der Waals surface area contributed by atoms with Gasteiger partial charge in [0.25, 0.3) is 0 Å². The molecule has 0 heterocycles. The van der Waals surface area contributed by atoms with Crippen LogP contribution in [0.4, 0.5) is 4.39 Å². The van der Waals surface area contributed by atoms with Gasteiger partial charge in [0.1, 0.15) is 5.82 Å². The molecule has 3 atom stereocenters. The second kappa shape index (κ2) is 15.0. The summed E-state index contributed by atoms with van der Waals surface area (Å²) in [5.41, 5.74) is 4.15. The molecule has 0 aliphatic heterocycles. The molecule has 6 nitrogen and oxygen atoms in total. The Balaban J connectivity index is 1.42. The van der Waals surface area contributed by atoms with Gasteiger partial charge in [0.15, 0.2) is 0 Å². The number of allylic oxidation sites excluding steroid dienone is 3. The maximum atomic E-state index is 13.7. The number of benzene rings is 2. The van der Waals surface area contributed by atoms with Gasteiger partial charge in [-0.15, -0.1) is 0 Å². The predicted octanol–water partition coefficient (Wildman–Crippen LogP) is 6.57. The lowest BCUT2D eigenvalue weighted by Gasteiger charge is -2.28. The molecule has 0 radical (unpaired) electrons. The second-order valence-electron chi connectivity index (χ2n) is 11.6. The topological polar surface area (TPSA) is 87.3 Å². The molecule has 3 N–H and O–H groups in total. The summed E-state index contributed by atoms with van der Waals surface area (Å²) in [4.78, 5) is 13.4. The molecule has 2 aliphatic rings. The molecule has 1 unspecified atom stereocenters. The number of aryl methyl sites for hydroxylation is 2. The summed E-state index contributed by atoms with van der Waals surface area (Å²) in [6.07, 6.45) is 7.63. The van der Waals surface area contributed by atoms with Gasteiger partial charge in [-0.25, -0.2) is 17.5 Å². The SMILES string of the molecule is CC(C)CNCCCc1ccc2c(c1)CCC[C@H]2NC(=O)C[C@@H](NS(=O)(=O)C1C=CC(Cl)=C(Cl)C1)c1ccc(F)cc1. The average molecular weight is 637 g/mol. The smallest absolute Gasteiger partial charge is 0.222 e. The largest absolute Gasteiger partial charge is 0.349 e. The van der Waals surface area contributed by atoms with E-state index in [4.69, 9.17) is 23.2 Å². The van der Waals surface area contributed by atoms with Crippen LogP contribution in [0.15, 0.2) is 64.7 Å². The number of halogens is 3. The number of amides is 1. The van der Waals surface area contributed by atoms with Crippen LogP contribution >= 0.6 is 23.2 Å². The van der Waals surface area contributed by atoms with Gasteiger partial charge in [0, 0.05) is 17.9 Å². The molecule has 10 heteroatoms. The highest BCUT2D eigenvalue weighted by atomic mass is 35.5. The van der Waals surface area contributed by atoms with Crippen LogP contribution in [0, 0.1) is 11.7 Å². The van der Waals surface area contributed by atoms with Crippen LogP contribution in [0.25, 0.3) is 0 Å². The van der Waals surface area contributed by atoms with Crippen LogP contribution in [0.5, 0.6) is 0 Å². The minimum absolute atomic E-state index is 0.0316. The van der Waals surface area contributed by atoms with E-state index in [-0.39, 0.29) is 29.8 Å². The molecule has 2 aromatic carbocycles. The number of nitrogens with one attached hydrogen (secondary N) is 3. The number of carbonyl (C=O) groups excluding carboxylic acids is 1. The number of hydrogen-bond donors (Lipinski definition) is 3. The van der Waals surface area contributed by atoms with Gasteiger partial charge in [-0.2, -0.15) is 0 Å². The standard InChI is InChI=1S/C32H40Cl2FN3O3S/c1-21(2)20-36-16-4-5-22-8-14-27-24(17-22)6-3-7-30(27)37-32(39)19-31(23-9-11-25(35)12-10-23)38-42(40,41)26-13-15-28(33)29(34)18-26/h8-15,17,21,26,30-31,36,38H,3-7,16,18-20H2,1-2H3,(H,37,39)/t26?,30-,31-/m1/s1. The Morgan fingerprint density at radius 1 is 1.12 bits per heavy atom. The predicted molar refractivity (Wildman–Crippen MR) is 168 cm³/mol. The van der Waals surface area contributed by atoms with E-state index >= 15 is 0 Å². The van der Waals surface area contributed by atoms with Crippen LogP contribution in [0.1, 0.15) is 80.3 Å². The highest BCUT2D eigenvalue weighted by Gasteiger charge is 2.31. The number of hydrogen-bond acceptors (Lipinski definition) is 4. The molecule has 228 valence electrons. The summed E-state index contributed by atoms with van der Waals surface area (Å²) in [6, 6.07) is 11.0. The maximum Gasteiger partial charge on any atom is 0.222 e. The van der Waals surface area contributed by atoms with Gasteiger partial charge in [-0.05, 0) is 91.6 Å². The van der Waals surface area contributed by atoms with Crippen molar-refractivity contribution in [1.82, 2.24) is 15.4 Å². The number of carbonyl (C=O) groups is 1. The Bertz CT molecular complexity index is 1410. The Labute approximate surface area is 259 Å². The Kier molecular flexibility index (Phi) is 11.7. The molecule has 0 aromatic heterocycles. The third kappa shape index (κ3) is 9.13. The average Bonchev–Trinajstić information content (AvgIpc) is 2.94. The highest BCUT2D eigenvalue weighted by molar-refractivity contribution is 7.90. The fourth-order valence-corrected chi connectivity index (χ4v) is 7.40.